The number of hydrogen-bond donors (Lipinski definition) is 2. The Kier molecular flexibility index (Phi) is 20.3. The summed E-state index contributed by atoms with van der Waals surface area (Å²) in [5, 5.41) is 2.37. The van der Waals surface area contributed by atoms with Crippen LogP contribution in [0.5, 0.6) is 0 Å². The first-order valence-electron chi connectivity index (χ1n) is 13.3. The number of aliphatic imine (C=N–C) groups is 2. The molecule has 2 rings (SSSR count). The zero-order chi connectivity index (χ0) is 30.5. The van der Waals surface area contributed by atoms with Crippen LogP contribution in [0.4, 0.5) is 0 Å². The molecule has 230 valence electrons. The van der Waals surface area contributed by atoms with Crippen LogP contribution in [0.15, 0.2) is 9.98 Å². The van der Waals surface area contributed by atoms with Crippen LogP contribution >= 0.6 is 0 Å². The summed E-state index contributed by atoms with van der Waals surface area (Å²) in [6.07, 6.45) is -0.414. The number of rotatable bonds is 14. The molecule has 6 atom stereocenters. The first-order valence-corrected chi connectivity index (χ1v) is 13.3. The van der Waals surface area contributed by atoms with E-state index >= 15 is 0 Å². The van der Waals surface area contributed by atoms with E-state index < -0.39 is 60.8 Å². The van der Waals surface area contributed by atoms with Crippen LogP contribution in [0.2, 0.25) is 0 Å². The van der Waals surface area contributed by atoms with Crippen molar-refractivity contribution in [1.29, 1.82) is 0 Å². The van der Waals surface area contributed by atoms with Gasteiger partial charge in [-0.05, 0) is 19.9 Å². The van der Waals surface area contributed by atoms with Gasteiger partial charge in [-0.2, -0.15) is 0 Å². The molecule has 0 aliphatic carbocycles. The number of unbranched alkanes of at least 4 members (excludes halogenated alkanes) is 2. The molecule has 40 heavy (non-hydrogen) atoms. The number of amides is 1. The van der Waals surface area contributed by atoms with Gasteiger partial charge in [0.2, 0.25) is 5.91 Å². The third-order valence-corrected chi connectivity index (χ3v) is 5.88. The summed E-state index contributed by atoms with van der Waals surface area (Å²) in [6, 6.07) is 2.36. The number of carbonyl (C=O) groups excluding carboxylic acids is 4. The fourth-order valence-corrected chi connectivity index (χ4v) is 4.07. The maximum Gasteiger partial charge on any atom is 0.332 e. The molecule has 14 heteroatoms. The summed E-state index contributed by atoms with van der Waals surface area (Å²) >= 11 is 0. The van der Waals surface area contributed by atoms with Gasteiger partial charge in [0.25, 0.3) is 0 Å². The number of methoxy groups -OCH3 is 1. The van der Waals surface area contributed by atoms with Gasteiger partial charge in [-0.25, -0.2) is 14.8 Å². The lowest BCUT2D eigenvalue weighted by Gasteiger charge is -2.34. The molecule has 4 unspecified atom stereocenters. The highest BCUT2D eigenvalue weighted by atomic mass is 16.6. The largest absolute Gasteiger partial charge is 0.465 e. The van der Waals surface area contributed by atoms with E-state index in [-0.39, 0.29) is 25.7 Å². The van der Waals surface area contributed by atoms with Crippen molar-refractivity contribution in [1.82, 2.24) is 5.32 Å². The van der Waals surface area contributed by atoms with Crippen molar-refractivity contribution in [2.24, 2.45) is 27.6 Å². The number of likely N-dealkylation sites (N-methyl/N-ethyl adjacent to an activating group) is 1. The summed E-state index contributed by atoms with van der Waals surface area (Å²) in [7, 11) is 7.62. The maximum absolute atomic E-state index is 12.9. The molecule has 2 fully saturated rings. The lowest BCUT2D eigenvalue weighted by molar-refractivity contribution is -0.176. The summed E-state index contributed by atoms with van der Waals surface area (Å²) < 4.78 is 32.7. The second-order valence-corrected chi connectivity index (χ2v) is 8.53. The average molecular weight is 575 g/mol. The molecule has 0 aromatic rings. The second-order valence-electron chi connectivity index (χ2n) is 8.53. The molecule has 2 heterocycles. The van der Waals surface area contributed by atoms with Gasteiger partial charge in [0.15, 0.2) is 6.10 Å². The van der Waals surface area contributed by atoms with E-state index in [0.717, 1.165) is 12.8 Å². The molecule has 1 amide bonds. The topological polar surface area (TPSA) is 186 Å². The summed E-state index contributed by atoms with van der Waals surface area (Å²) in [6.45, 7) is 3.62. The maximum atomic E-state index is 12.9. The van der Waals surface area contributed by atoms with Crippen LogP contribution in [-0.2, 0) is 47.6 Å². The first-order chi connectivity index (χ1) is 19.3. The van der Waals surface area contributed by atoms with Gasteiger partial charge in [0, 0.05) is 28.3 Å². The molecule has 2 saturated heterocycles. The second kappa shape index (κ2) is 21.9. The standard InChI is InChI=1S/C22H35NO10.C3H6N2.CH5N/c1-5-7-9-30-21(26)15-16(22(27)31-10-8-6-2)18-20(19(28-4)17(15)33-18)32-14(25)12-29-11-13(24)23-3;1-4-3-5-2;1-2/h15-20H,5-12H2,1-4H3,(H,23,24);1-2H3;2H2,1H3/t15?,16?,17-,18?,19+,20?;;/m0../s1. The van der Waals surface area contributed by atoms with Gasteiger partial charge in [0.1, 0.15) is 43.4 Å². The van der Waals surface area contributed by atoms with Crippen molar-refractivity contribution in [3.8, 4) is 0 Å². The van der Waals surface area contributed by atoms with E-state index in [9.17, 15) is 19.2 Å². The van der Waals surface area contributed by atoms with Crippen molar-refractivity contribution in [2.75, 3.05) is 61.7 Å². The molecular formula is C26H46N4O10. The Morgan fingerprint density at radius 2 is 1.38 bits per heavy atom. The van der Waals surface area contributed by atoms with Crippen molar-refractivity contribution >= 4 is 29.8 Å². The number of nitrogens with two attached hydrogens (primary N) is 1. The van der Waals surface area contributed by atoms with Gasteiger partial charge >= 0.3 is 17.9 Å². The fraction of sp³-hybridized carbons (Fsp3) is 0.808. The Hall–Kier alpha value is -2.90. The Morgan fingerprint density at radius 3 is 1.77 bits per heavy atom. The van der Waals surface area contributed by atoms with E-state index in [2.05, 4.69) is 27.0 Å². The van der Waals surface area contributed by atoms with Crippen LogP contribution in [0, 0.1) is 11.8 Å². The smallest absolute Gasteiger partial charge is 0.332 e. The van der Waals surface area contributed by atoms with Crippen LogP contribution < -0.4 is 11.1 Å². The third-order valence-electron chi connectivity index (χ3n) is 5.88. The minimum absolute atomic E-state index is 0.215. The molecule has 0 aromatic carbocycles. The first kappa shape index (κ1) is 37.1. The number of hydrogen-bond acceptors (Lipinski definition) is 13. The van der Waals surface area contributed by atoms with Crippen LogP contribution in [-0.4, -0.2) is 116 Å². The lowest BCUT2D eigenvalue weighted by Crippen LogP contribution is -2.54. The van der Waals surface area contributed by atoms with Crippen molar-refractivity contribution < 1.29 is 47.6 Å². The molecule has 2 bridgehead atoms. The van der Waals surface area contributed by atoms with Gasteiger partial charge in [0.05, 0.1) is 19.2 Å². The minimum Gasteiger partial charge on any atom is -0.465 e. The highest BCUT2D eigenvalue weighted by Crippen LogP contribution is 2.47. The molecule has 14 nitrogen and oxygen atoms in total. The predicted octanol–water partition coefficient (Wildman–Crippen LogP) is 0.371. The highest BCUT2D eigenvalue weighted by molar-refractivity contribution is 5.85. The van der Waals surface area contributed by atoms with Crippen molar-refractivity contribution in [2.45, 2.75) is 63.9 Å². The molecule has 0 saturated carbocycles. The zero-order valence-electron chi connectivity index (χ0n) is 24.7. The Balaban J connectivity index is 0.00000195. The van der Waals surface area contributed by atoms with E-state index in [1.54, 1.807) is 14.1 Å². The monoisotopic (exact) mass is 574 g/mol. The lowest BCUT2D eigenvalue weighted by atomic mass is 9.76. The Morgan fingerprint density at radius 1 is 0.875 bits per heavy atom. The van der Waals surface area contributed by atoms with Crippen LogP contribution in [0.3, 0.4) is 0 Å². The number of nitrogens with zero attached hydrogens (tertiary/aromatic N) is 2. The molecule has 0 spiro atoms. The number of fused-ring (bicyclic) bond motifs is 2. The molecule has 2 aliphatic heterocycles. The third kappa shape index (κ3) is 11.7. The highest BCUT2D eigenvalue weighted by Gasteiger charge is 2.67. The minimum atomic E-state index is -0.989. The van der Waals surface area contributed by atoms with Gasteiger partial charge in [-0.1, -0.05) is 26.7 Å². The fourth-order valence-electron chi connectivity index (χ4n) is 4.07. The van der Waals surface area contributed by atoms with Crippen LogP contribution in [0.25, 0.3) is 0 Å². The van der Waals surface area contributed by atoms with Gasteiger partial charge < -0.3 is 39.5 Å². The van der Waals surface area contributed by atoms with Crippen LogP contribution in [0.1, 0.15) is 39.5 Å². The molecule has 3 N–H and O–H groups in total. The molecule has 0 radical (unpaired) electrons. The number of nitrogens with one attached hydrogen (secondary N) is 1. The molecule has 0 aromatic heterocycles. The number of ether oxygens (including phenoxy) is 6. The summed E-state index contributed by atoms with van der Waals surface area (Å²) in [5.74, 6) is -4.21. The van der Waals surface area contributed by atoms with E-state index in [0.29, 0.717) is 12.8 Å². The average Bonchev–Trinajstić information content (AvgIpc) is 3.51. The Labute approximate surface area is 236 Å². The molecule has 2 aliphatic rings. The van der Waals surface area contributed by atoms with Crippen molar-refractivity contribution in [3.05, 3.63) is 0 Å². The normalized spacial score (nSPS) is 23.7. The Bertz CT molecular complexity index is 828. The zero-order valence-corrected chi connectivity index (χ0v) is 24.7. The number of carbonyl (C=O) groups is 4. The van der Waals surface area contributed by atoms with Gasteiger partial charge in [-0.15, -0.1) is 0 Å². The number of esters is 3. The van der Waals surface area contributed by atoms with E-state index in [4.69, 9.17) is 28.4 Å². The van der Waals surface area contributed by atoms with Crippen molar-refractivity contribution in [3.63, 3.8) is 0 Å². The SMILES string of the molecule is CCCCOC(=O)C1C2O[C@@H](C1C(=O)OCCCC)[C@@H](OC)C2OC(=O)COCC(=O)NC.CN.CN=C=NC. The predicted molar refractivity (Wildman–Crippen MR) is 145 cm³/mol. The van der Waals surface area contributed by atoms with Gasteiger partial charge in [-0.3, -0.25) is 14.4 Å². The molecular weight excluding hydrogens is 528 g/mol. The quantitative estimate of drug-likeness (QED) is 0.126. The van der Waals surface area contributed by atoms with E-state index in [1.165, 1.54) is 21.2 Å². The van der Waals surface area contributed by atoms with E-state index in [1.807, 2.05) is 13.8 Å². The summed E-state index contributed by atoms with van der Waals surface area (Å²) in [4.78, 5) is 56.1. The summed E-state index contributed by atoms with van der Waals surface area (Å²) in [5.41, 5.74) is 4.50.